The third kappa shape index (κ3) is 4.12. The van der Waals surface area contributed by atoms with Crippen molar-refractivity contribution in [2.75, 3.05) is 20.8 Å². The van der Waals surface area contributed by atoms with E-state index in [9.17, 15) is 18.0 Å². The van der Waals surface area contributed by atoms with Crippen LogP contribution in [0.3, 0.4) is 0 Å². The highest BCUT2D eigenvalue weighted by Gasteiger charge is 2.38. The van der Waals surface area contributed by atoms with E-state index in [0.717, 1.165) is 22.6 Å². The molecule has 1 atom stereocenters. The maximum absolute atomic E-state index is 14.0. The van der Waals surface area contributed by atoms with E-state index in [0.29, 0.717) is 24.2 Å². The van der Waals surface area contributed by atoms with E-state index >= 15 is 0 Å². The van der Waals surface area contributed by atoms with Gasteiger partial charge in [0.25, 0.3) is 10.0 Å². The minimum Gasteiger partial charge on any atom is -0.466 e. The van der Waals surface area contributed by atoms with Crippen LogP contribution in [0, 0.1) is 6.92 Å². The number of hydrogen-bond acceptors (Lipinski definition) is 7. The monoisotopic (exact) mass is 494 g/mol. The number of aromatic nitrogens is 1. The zero-order valence-corrected chi connectivity index (χ0v) is 20.5. The van der Waals surface area contributed by atoms with Crippen molar-refractivity contribution in [1.29, 1.82) is 0 Å². The van der Waals surface area contributed by atoms with E-state index in [1.54, 1.807) is 47.4 Å². The van der Waals surface area contributed by atoms with Crippen LogP contribution in [-0.4, -0.2) is 50.0 Å². The van der Waals surface area contributed by atoms with Crippen molar-refractivity contribution in [2.45, 2.75) is 24.3 Å². The normalized spacial score (nSPS) is 16.0. The molecule has 0 saturated heterocycles. The number of benzene rings is 2. The van der Waals surface area contributed by atoms with Crippen LogP contribution in [-0.2, 0) is 35.5 Å². The quantitative estimate of drug-likeness (QED) is 0.294. The Kier molecular flexibility index (Phi) is 6.53. The molecule has 1 aliphatic rings. The third-order valence-electron chi connectivity index (χ3n) is 6.14. The topological polar surface area (TPSA) is 94.9 Å². The first-order valence-corrected chi connectivity index (χ1v) is 12.4. The van der Waals surface area contributed by atoms with Gasteiger partial charge in [0.2, 0.25) is 0 Å². The highest BCUT2D eigenvalue weighted by molar-refractivity contribution is 7.90. The lowest BCUT2D eigenvalue weighted by Crippen LogP contribution is -2.38. The van der Waals surface area contributed by atoms with Gasteiger partial charge in [-0.25, -0.2) is 22.0 Å². The molecule has 0 saturated carbocycles. The Bertz CT molecular complexity index is 1450. The molecule has 0 N–H and O–H groups in total. The minimum atomic E-state index is -4.01. The van der Waals surface area contributed by atoms with Gasteiger partial charge in [-0.3, -0.25) is 0 Å². The number of carbonyl (C=O) groups excluding carboxylic acids is 2. The highest BCUT2D eigenvalue weighted by atomic mass is 32.2. The molecule has 1 unspecified atom stereocenters. The molecule has 1 aliphatic heterocycles. The number of hydrogen-bond donors (Lipinski definition) is 0. The Morgan fingerprint density at radius 3 is 2.37 bits per heavy atom. The van der Waals surface area contributed by atoms with Gasteiger partial charge in [0.05, 0.1) is 42.4 Å². The molecule has 182 valence electrons. The molecular weight excluding hydrogens is 468 g/mol. The van der Waals surface area contributed by atoms with Gasteiger partial charge < -0.3 is 14.4 Å². The van der Waals surface area contributed by atoms with E-state index in [-0.39, 0.29) is 10.6 Å². The summed E-state index contributed by atoms with van der Waals surface area (Å²) in [4.78, 5) is 26.5. The average Bonchev–Trinajstić information content (AvgIpc) is 3.21. The number of methoxy groups -OCH3 is 2. The molecule has 0 bridgehead atoms. The molecule has 4 rings (SSSR count). The fraction of sp³-hybridized carbons (Fsp3) is 0.231. The number of carbonyl (C=O) groups is 2. The van der Waals surface area contributed by atoms with Crippen molar-refractivity contribution in [3.05, 3.63) is 89.8 Å². The summed E-state index contributed by atoms with van der Waals surface area (Å²) in [5, 5.41) is 0.807. The number of esters is 2. The SMILES string of the molecule is C=CC1c2c(c3ccccc3n2S(=O)(=O)c2ccc(C)cc2)CCN1/C(=C/C(=O)OC)C(=O)OC. The smallest absolute Gasteiger partial charge is 0.354 e. The van der Waals surface area contributed by atoms with Crippen molar-refractivity contribution in [2.24, 2.45) is 0 Å². The standard InChI is InChI=1S/C26H26N2O6S/c1-5-21-25-20(14-15-27(21)23(26(30)34-4)16-24(29)33-3)19-8-6-7-9-22(19)28(25)35(31,32)18-12-10-17(2)11-13-18/h5-13,16,21H,1,14-15H2,2-4H3/b23-16+. The van der Waals surface area contributed by atoms with Gasteiger partial charge in [0.1, 0.15) is 5.70 Å². The zero-order valence-electron chi connectivity index (χ0n) is 19.7. The second kappa shape index (κ2) is 9.42. The van der Waals surface area contributed by atoms with Crippen LogP contribution in [0.15, 0.2) is 77.9 Å². The fourth-order valence-corrected chi connectivity index (χ4v) is 6.08. The lowest BCUT2D eigenvalue weighted by molar-refractivity contribution is -0.140. The molecule has 0 aliphatic carbocycles. The molecule has 2 aromatic carbocycles. The summed E-state index contributed by atoms with van der Waals surface area (Å²) >= 11 is 0. The van der Waals surface area contributed by atoms with Crippen LogP contribution in [0.25, 0.3) is 10.9 Å². The minimum absolute atomic E-state index is 0.0422. The van der Waals surface area contributed by atoms with E-state index in [1.165, 1.54) is 18.2 Å². The molecule has 8 nitrogen and oxygen atoms in total. The molecule has 9 heteroatoms. The molecule has 35 heavy (non-hydrogen) atoms. The Morgan fingerprint density at radius 1 is 1.06 bits per heavy atom. The number of ether oxygens (including phenoxy) is 2. The Morgan fingerprint density at radius 2 is 1.74 bits per heavy atom. The predicted octanol–water partition coefficient (Wildman–Crippen LogP) is 3.50. The van der Waals surface area contributed by atoms with Crippen molar-refractivity contribution >= 4 is 32.9 Å². The van der Waals surface area contributed by atoms with Gasteiger partial charge in [-0.1, -0.05) is 42.0 Å². The molecule has 1 aromatic heterocycles. The van der Waals surface area contributed by atoms with Crippen LogP contribution < -0.4 is 0 Å². The van der Waals surface area contributed by atoms with Crippen molar-refractivity contribution < 1.29 is 27.5 Å². The van der Waals surface area contributed by atoms with Gasteiger partial charge in [0, 0.05) is 11.9 Å². The largest absolute Gasteiger partial charge is 0.466 e. The fourth-order valence-electron chi connectivity index (χ4n) is 4.49. The highest BCUT2D eigenvalue weighted by Crippen LogP contribution is 2.41. The predicted molar refractivity (Wildman–Crippen MR) is 131 cm³/mol. The first kappa shape index (κ1) is 24.3. The van der Waals surface area contributed by atoms with Crippen molar-refractivity contribution in [3.63, 3.8) is 0 Å². The van der Waals surface area contributed by atoms with E-state index in [4.69, 9.17) is 9.47 Å². The van der Waals surface area contributed by atoms with Gasteiger partial charge in [-0.15, -0.1) is 6.58 Å². The summed E-state index contributed by atoms with van der Waals surface area (Å²) in [6.45, 7) is 6.15. The lowest BCUT2D eigenvalue weighted by Gasteiger charge is -2.37. The first-order valence-electron chi connectivity index (χ1n) is 11.0. The van der Waals surface area contributed by atoms with Crippen LogP contribution in [0.5, 0.6) is 0 Å². The van der Waals surface area contributed by atoms with Gasteiger partial charge in [-0.2, -0.15) is 0 Å². The van der Waals surface area contributed by atoms with E-state index in [1.807, 2.05) is 19.1 Å². The lowest BCUT2D eigenvalue weighted by atomic mass is 9.96. The maximum atomic E-state index is 14.0. The van der Waals surface area contributed by atoms with Crippen molar-refractivity contribution in [1.82, 2.24) is 8.87 Å². The molecular formula is C26H26N2O6S. The van der Waals surface area contributed by atoms with Gasteiger partial charge >= 0.3 is 11.9 Å². The summed E-state index contributed by atoms with van der Waals surface area (Å²) in [5.41, 5.74) is 2.74. The first-order chi connectivity index (χ1) is 16.7. The number of rotatable bonds is 6. The summed E-state index contributed by atoms with van der Waals surface area (Å²) in [7, 11) is -1.59. The van der Waals surface area contributed by atoms with Gasteiger partial charge in [0.15, 0.2) is 0 Å². The maximum Gasteiger partial charge on any atom is 0.354 e. The van der Waals surface area contributed by atoms with Crippen LogP contribution in [0.2, 0.25) is 0 Å². The molecule has 0 fully saturated rings. The number of para-hydroxylation sites is 1. The average molecular weight is 495 g/mol. The van der Waals surface area contributed by atoms with Crippen LogP contribution >= 0.6 is 0 Å². The second-order valence-electron chi connectivity index (χ2n) is 8.13. The molecule has 0 spiro atoms. The van der Waals surface area contributed by atoms with E-state index < -0.39 is 28.0 Å². The zero-order chi connectivity index (χ0) is 25.3. The summed E-state index contributed by atoms with van der Waals surface area (Å²) in [6, 6.07) is 13.2. The van der Waals surface area contributed by atoms with Crippen molar-refractivity contribution in [3.8, 4) is 0 Å². The number of fused-ring (bicyclic) bond motifs is 3. The molecule has 0 amide bonds. The molecule has 0 radical (unpaired) electrons. The summed E-state index contributed by atoms with van der Waals surface area (Å²) in [6.07, 6.45) is 3.05. The second-order valence-corrected chi connectivity index (χ2v) is 9.92. The van der Waals surface area contributed by atoms with Gasteiger partial charge in [-0.05, 0) is 37.1 Å². The van der Waals surface area contributed by atoms with E-state index in [2.05, 4.69) is 6.58 Å². The molecule has 3 aromatic rings. The Hall–Kier alpha value is -3.85. The van der Waals surface area contributed by atoms with Crippen LogP contribution in [0.4, 0.5) is 0 Å². The third-order valence-corrected chi connectivity index (χ3v) is 7.88. The summed E-state index contributed by atoms with van der Waals surface area (Å²) in [5.74, 6) is -1.47. The summed E-state index contributed by atoms with van der Waals surface area (Å²) < 4.78 is 38.9. The number of aryl methyl sites for hydroxylation is 1. The number of nitrogens with zero attached hydrogens (tertiary/aromatic N) is 2. The van der Waals surface area contributed by atoms with Crippen LogP contribution in [0.1, 0.15) is 22.9 Å². The Labute approximate surface area is 204 Å². The Balaban J connectivity index is 2.00. The molecule has 2 heterocycles.